The molecule has 1 spiro atoms. The van der Waals surface area contributed by atoms with Crippen molar-refractivity contribution in [3.8, 4) is 0 Å². The van der Waals surface area contributed by atoms with Crippen molar-refractivity contribution in [2.75, 3.05) is 37.4 Å². The number of thiol groups is 1. The summed E-state index contributed by atoms with van der Waals surface area (Å²) < 4.78 is -0.619. The Bertz CT molecular complexity index is 1390. The van der Waals surface area contributed by atoms with Crippen molar-refractivity contribution in [3.63, 3.8) is 0 Å². The fourth-order valence-electron chi connectivity index (χ4n) is 7.52. The van der Waals surface area contributed by atoms with Crippen LogP contribution in [0.4, 0.5) is 0 Å². The highest BCUT2D eigenvalue weighted by Gasteiger charge is 2.88. The molecule has 0 saturated carbocycles. The van der Waals surface area contributed by atoms with Crippen LogP contribution in [0.25, 0.3) is 0 Å². The molecule has 0 aromatic carbocycles. The first kappa shape index (κ1) is 44.5. The molecule has 3 saturated heterocycles. The number of aldehydes is 2. The smallest absolute Gasteiger partial charge is 0.360 e. The van der Waals surface area contributed by atoms with E-state index in [1.165, 1.54) is 18.7 Å². The Labute approximate surface area is 321 Å². The topological polar surface area (TPSA) is 238 Å². The maximum absolute atomic E-state index is 14.6. The van der Waals surface area contributed by atoms with Crippen molar-refractivity contribution >= 4 is 72.2 Å². The molecular weight excluding hydrogens is 725 g/mol. The average Bonchev–Trinajstić information content (AvgIpc) is 3.66. The van der Waals surface area contributed by atoms with Crippen molar-refractivity contribution in [2.24, 2.45) is 28.3 Å². The van der Waals surface area contributed by atoms with Crippen LogP contribution in [0, 0.1) is 11.8 Å². The van der Waals surface area contributed by atoms with E-state index in [1.54, 1.807) is 19.0 Å². The average molecular weight is 784 g/mol. The zero-order valence-electron chi connectivity index (χ0n) is 31.7. The van der Waals surface area contributed by atoms with Crippen LogP contribution >= 0.6 is 24.4 Å². The lowest BCUT2D eigenvalue weighted by molar-refractivity contribution is -1.07. The number of hydrazine groups is 2. The van der Waals surface area contributed by atoms with Gasteiger partial charge in [-0.25, -0.2) is 10.2 Å². The number of amides is 3. The summed E-state index contributed by atoms with van der Waals surface area (Å²) in [5, 5.41) is 8.54. The van der Waals surface area contributed by atoms with Gasteiger partial charge in [0.05, 0.1) is 24.4 Å². The lowest BCUT2D eigenvalue weighted by atomic mass is 9.69. The van der Waals surface area contributed by atoms with E-state index in [0.717, 1.165) is 11.4 Å². The number of aliphatic imine (C=N–C) groups is 1. The molecule has 3 fully saturated rings. The van der Waals surface area contributed by atoms with Crippen molar-refractivity contribution in [1.82, 2.24) is 31.6 Å². The highest BCUT2D eigenvalue weighted by atomic mass is 32.2. The number of ketones is 2. The van der Waals surface area contributed by atoms with Gasteiger partial charge in [-0.05, 0) is 68.9 Å². The van der Waals surface area contributed by atoms with E-state index in [1.807, 2.05) is 20.1 Å². The number of Topliss-reactive ketones (excluding diaryl/α,β-unsaturated/α-hetero) is 2. The van der Waals surface area contributed by atoms with Gasteiger partial charge in [-0.15, -0.1) is 4.59 Å². The Morgan fingerprint density at radius 1 is 1.19 bits per heavy atom. The molecule has 0 radical (unpaired) electrons. The Morgan fingerprint density at radius 2 is 1.89 bits per heavy atom. The molecule has 3 heterocycles. The van der Waals surface area contributed by atoms with Gasteiger partial charge >= 0.3 is 5.91 Å². The minimum atomic E-state index is -1.74. The minimum Gasteiger partial charge on any atom is -0.370 e. The first-order valence-electron chi connectivity index (χ1n) is 18.3. The first-order valence-corrected chi connectivity index (χ1v) is 20.3. The van der Waals surface area contributed by atoms with E-state index in [0.29, 0.717) is 44.1 Å². The number of guanidine groups is 1. The molecule has 2 unspecified atom stereocenters. The lowest BCUT2D eigenvalue weighted by Gasteiger charge is -2.69. The van der Waals surface area contributed by atoms with E-state index >= 15 is 0 Å². The van der Waals surface area contributed by atoms with Crippen LogP contribution in [0.2, 0.25) is 0 Å². The number of nitrogens with one attached hydrogen (secondary N) is 4. The monoisotopic (exact) mass is 783 g/mol. The summed E-state index contributed by atoms with van der Waals surface area (Å²) in [5.41, 5.74) is 15.4. The number of carbonyl (C=O) groups excluding carboxylic acids is 7. The molecule has 3 aliphatic heterocycles. The van der Waals surface area contributed by atoms with E-state index in [2.05, 4.69) is 39.1 Å². The Hall–Kier alpha value is -2.94. The fourth-order valence-corrected chi connectivity index (χ4v) is 8.38. The second kappa shape index (κ2) is 19.6. The third-order valence-corrected chi connectivity index (χ3v) is 11.3. The molecule has 8 N–H and O–H groups in total. The number of thioether (sulfide) groups is 1. The summed E-state index contributed by atoms with van der Waals surface area (Å²) in [6.45, 7) is 9.25. The summed E-state index contributed by atoms with van der Waals surface area (Å²) in [4.78, 5) is 98.3. The van der Waals surface area contributed by atoms with E-state index in [4.69, 9.17) is 11.5 Å². The van der Waals surface area contributed by atoms with E-state index < -0.39 is 64.7 Å². The van der Waals surface area contributed by atoms with Crippen LogP contribution in [0.1, 0.15) is 73.1 Å². The summed E-state index contributed by atoms with van der Waals surface area (Å²) in [6.07, 6.45) is 5.43. The number of hydrogen-bond acceptors (Lipinski definition) is 14. The van der Waals surface area contributed by atoms with Crippen molar-refractivity contribution in [3.05, 3.63) is 0 Å². The van der Waals surface area contributed by atoms with Gasteiger partial charge in [0.1, 0.15) is 24.7 Å². The summed E-state index contributed by atoms with van der Waals surface area (Å²) >= 11 is 6.00. The number of nitrogens with two attached hydrogens (primary N) is 2. The molecule has 8 atom stereocenters. The summed E-state index contributed by atoms with van der Waals surface area (Å²) in [6, 6.07) is -5.25. The molecule has 3 amide bonds. The second-order valence-electron chi connectivity index (χ2n) is 14.8. The number of hydrogen-bond donors (Lipinski definition) is 7. The van der Waals surface area contributed by atoms with Crippen molar-refractivity contribution in [1.29, 1.82) is 0 Å². The predicted molar refractivity (Wildman–Crippen MR) is 205 cm³/mol. The van der Waals surface area contributed by atoms with Crippen LogP contribution < -0.4 is 33.0 Å². The van der Waals surface area contributed by atoms with Gasteiger partial charge in [0, 0.05) is 13.5 Å². The molecule has 17 nitrogen and oxygen atoms in total. The Morgan fingerprint density at radius 3 is 2.42 bits per heavy atom. The largest absolute Gasteiger partial charge is 0.370 e. The molecule has 0 aromatic heterocycles. The zero-order valence-corrected chi connectivity index (χ0v) is 33.4. The molecule has 0 bridgehead atoms. The highest BCUT2D eigenvalue weighted by Crippen LogP contribution is 2.53. The maximum Gasteiger partial charge on any atom is 0.360 e. The Kier molecular flexibility index (Phi) is 16.4. The zero-order chi connectivity index (χ0) is 39.7. The second-order valence-corrected chi connectivity index (χ2v) is 16.1. The van der Waals surface area contributed by atoms with Gasteiger partial charge in [-0.1, -0.05) is 32.8 Å². The molecule has 0 aliphatic carbocycles. The molecule has 53 heavy (non-hydrogen) atoms. The number of nitrogens with zero attached hydrogens (tertiary/aromatic N) is 4. The summed E-state index contributed by atoms with van der Waals surface area (Å²) in [5.74, 6) is -2.05. The summed E-state index contributed by atoms with van der Waals surface area (Å²) in [7, 11) is 0. The van der Waals surface area contributed by atoms with Crippen LogP contribution in [-0.2, 0) is 33.6 Å². The molecule has 298 valence electrons. The normalized spacial score (nSPS) is 27.2. The highest BCUT2D eigenvalue weighted by molar-refractivity contribution is 7.98. The predicted octanol–water partition coefficient (Wildman–Crippen LogP) is -1.14. The molecule has 0 aromatic rings. The van der Waals surface area contributed by atoms with Gasteiger partial charge < -0.3 is 31.7 Å². The van der Waals surface area contributed by atoms with Gasteiger partial charge in [-0.2, -0.15) is 29.8 Å². The van der Waals surface area contributed by atoms with Crippen LogP contribution in [0.15, 0.2) is 4.99 Å². The minimum absolute atomic E-state index is 0.00458. The fraction of sp³-hybridized carbons (Fsp3) is 0.765. The van der Waals surface area contributed by atoms with Crippen LogP contribution in [-0.4, -0.2) is 142 Å². The molecular formula is C34H59N10O7S2+. The quantitative estimate of drug-likeness (QED) is 0.00948. The van der Waals surface area contributed by atoms with E-state index in [9.17, 15) is 33.6 Å². The van der Waals surface area contributed by atoms with Crippen molar-refractivity contribution < 1.29 is 38.2 Å². The van der Waals surface area contributed by atoms with Gasteiger partial charge in [0.25, 0.3) is 11.7 Å². The van der Waals surface area contributed by atoms with Gasteiger partial charge in [0.15, 0.2) is 18.0 Å². The van der Waals surface area contributed by atoms with Crippen molar-refractivity contribution in [2.45, 2.75) is 115 Å². The molecule has 3 aliphatic rings. The van der Waals surface area contributed by atoms with Crippen LogP contribution in [0.3, 0.4) is 0 Å². The SMILES string of the molecule is CSCC[C@H]1C(=O)[N+]2([C@@H](CS)C(=O)C2(C)C(=O)[C@@H]2CCCN2)N1N[C@@H](CC(C)C)C(=O)N(CC=O)N[C@@H](CCCN=C(N)N)C(=O)N[C@@H](C=O)C(C)C. The maximum atomic E-state index is 14.6. The van der Waals surface area contributed by atoms with Crippen LogP contribution in [0.5, 0.6) is 0 Å². The third kappa shape index (κ3) is 9.13. The number of quaternary nitrogens is 1. The third-order valence-electron chi connectivity index (χ3n) is 10.4. The Balaban J connectivity index is 2.03. The molecule has 19 heteroatoms. The standard InChI is InChI=1S/C34H58N10O7S2/c1-20(2)17-24(31(50)42(14-15-45)40-23(10-8-13-38-33(35)36)30(49)39-25(18-46)21(3)4)41-43-26(11-16-53-6)32(51)44(43)27(19-52)29(48)34(44,5)28(47)22-9-7-12-37-22/h15,18,20-27,37,40-41H,7-14,16-17,19H2,1-6H3,(H5-,35,36,38,39,49,52)/p+1/t22-,23-,24-,25-,26-,27-,34?,44?/m0/s1. The number of rotatable bonds is 23. The number of carbonyl (C=O) groups is 7. The first-order chi connectivity index (χ1) is 25.1. The molecule has 3 rings (SSSR count). The lowest BCUT2D eigenvalue weighted by Crippen LogP contribution is -3.03. The van der Waals surface area contributed by atoms with Gasteiger partial charge in [0.2, 0.25) is 17.2 Å². The van der Waals surface area contributed by atoms with E-state index in [-0.39, 0.29) is 60.4 Å². The van der Waals surface area contributed by atoms with Gasteiger partial charge in [-0.3, -0.25) is 29.2 Å².